The summed E-state index contributed by atoms with van der Waals surface area (Å²) >= 11 is 0. The molecule has 140 valence electrons. The van der Waals surface area contributed by atoms with Crippen LogP contribution in [0.5, 0.6) is 5.75 Å². The number of carbonyl (C=O) groups excluding carboxylic acids is 1. The first kappa shape index (κ1) is 17.5. The van der Waals surface area contributed by atoms with Crippen LogP contribution in [-0.4, -0.2) is 46.6 Å². The molecule has 1 amide bonds. The molecule has 27 heavy (non-hydrogen) atoms. The van der Waals surface area contributed by atoms with Crippen molar-refractivity contribution >= 4 is 11.9 Å². The highest BCUT2D eigenvalue weighted by Crippen LogP contribution is 2.44. The van der Waals surface area contributed by atoms with Gasteiger partial charge in [-0.2, -0.15) is 0 Å². The van der Waals surface area contributed by atoms with Gasteiger partial charge in [0.2, 0.25) is 5.91 Å². The number of likely N-dealkylation sites (tertiary alicyclic amines) is 1. The number of amides is 1. The highest BCUT2D eigenvalue weighted by molar-refractivity contribution is 5.81. The van der Waals surface area contributed by atoms with Crippen LogP contribution in [0.4, 0.5) is 0 Å². The Morgan fingerprint density at radius 1 is 1.22 bits per heavy atom. The summed E-state index contributed by atoms with van der Waals surface area (Å²) in [5.41, 5.74) is 0.962. The van der Waals surface area contributed by atoms with Gasteiger partial charge >= 0.3 is 5.97 Å². The van der Waals surface area contributed by atoms with E-state index >= 15 is 0 Å². The third-order valence-corrected chi connectivity index (χ3v) is 5.77. The van der Waals surface area contributed by atoms with Gasteiger partial charge in [-0.3, -0.25) is 14.6 Å². The third-order valence-electron chi connectivity index (χ3n) is 5.77. The van der Waals surface area contributed by atoms with Crippen LogP contribution in [0.3, 0.4) is 0 Å². The number of aromatic nitrogens is 1. The summed E-state index contributed by atoms with van der Waals surface area (Å²) in [5.74, 6) is -0.318. The fourth-order valence-electron chi connectivity index (χ4n) is 4.18. The van der Waals surface area contributed by atoms with Gasteiger partial charge < -0.3 is 14.7 Å². The van der Waals surface area contributed by atoms with Crippen LogP contribution < -0.4 is 4.74 Å². The first-order valence-corrected chi connectivity index (χ1v) is 9.19. The van der Waals surface area contributed by atoms with Gasteiger partial charge in [0.15, 0.2) is 0 Å². The van der Waals surface area contributed by atoms with Gasteiger partial charge in [-0.25, -0.2) is 0 Å². The van der Waals surface area contributed by atoms with Crippen molar-refractivity contribution in [3.63, 3.8) is 0 Å². The number of hydrogen-bond acceptors (Lipinski definition) is 4. The third kappa shape index (κ3) is 3.27. The molecule has 0 aliphatic carbocycles. The minimum Gasteiger partial charge on any atom is -0.493 e. The molecule has 2 aliphatic heterocycles. The van der Waals surface area contributed by atoms with Crippen molar-refractivity contribution < 1.29 is 19.4 Å². The summed E-state index contributed by atoms with van der Waals surface area (Å²) in [6.45, 7) is 0.979. The zero-order chi connectivity index (χ0) is 18.9. The molecule has 1 aromatic heterocycles. The zero-order valence-corrected chi connectivity index (χ0v) is 15.0. The van der Waals surface area contributed by atoms with E-state index in [0.29, 0.717) is 32.4 Å². The molecule has 2 aromatic rings. The Hall–Kier alpha value is -2.89. The lowest BCUT2D eigenvalue weighted by Crippen LogP contribution is -2.42. The molecule has 0 bridgehead atoms. The molecule has 1 unspecified atom stereocenters. The molecule has 1 aromatic carbocycles. The van der Waals surface area contributed by atoms with Gasteiger partial charge in [-0.1, -0.05) is 18.2 Å². The van der Waals surface area contributed by atoms with Crippen molar-refractivity contribution in [3.05, 3.63) is 59.9 Å². The van der Waals surface area contributed by atoms with Gasteiger partial charge in [-0.05, 0) is 42.2 Å². The molecule has 4 rings (SSSR count). The minimum absolute atomic E-state index is 0.00574. The average molecular weight is 366 g/mol. The van der Waals surface area contributed by atoms with E-state index in [1.165, 1.54) is 0 Å². The SMILES string of the molecule is O=C(CCc1ccncc1)N1CC2COc3ccccc3C[C@@]2(C(=O)O)C1. The minimum atomic E-state index is -0.987. The number of hydrogen-bond donors (Lipinski definition) is 1. The fourth-order valence-corrected chi connectivity index (χ4v) is 4.18. The van der Waals surface area contributed by atoms with Crippen molar-refractivity contribution in [2.24, 2.45) is 11.3 Å². The maximum atomic E-state index is 12.7. The quantitative estimate of drug-likeness (QED) is 0.897. The standard InChI is InChI=1S/C21H22N2O4/c24-19(6-5-15-7-9-22-10-8-15)23-12-17-13-27-18-4-2-1-3-16(18)11-21(17,14-23)20(25)26/h1-4,7-10,17H,5-6,11-14H2,(H,25,26)/t17?,21-/m1/s1. The molecule has 6 heteroatoms. The van der Waals surface area contributed by atoms with Crippen LogP contribution in [0.1, 0.15) is 17.5 Å². The van der Waals surface area contributed by atoms with Crippen molar-refractivity contribution in [1.29, 1.82) is 0 Å². The lowest BCUT2D eigenvalue weighted by molar-refractivity contribution is -0.151. The van der Waals surface area contributed by atoms with Crippen molar-refractivity contribution in [2.75, 3.05) is 19.7 Å². The van der Waals surface area contributed by atoms with Gasteiger partial charge in [0, 0.05) is 37.8 Å². The van der Waals surface area contributed by atoms with Crippen LogP contribution in [0, 0.1) is 11.3 Å². The Morgan fingerprint density at radius 2 is 2.00 bits per heavy atom. The Labute approximate surface area is 157 Å². The lowest BCUT2D eigenvalue weighted by atomic mass is 9.74. The normalized spacial score (nSPS) is 23.7. The predicted molar refractivity (Wildman–Crippen MR) is 98.3 cm³/mol. The summed E-state index contributed by atoms with van der Waals surface area (Å²) in [7, 11) is 0. The summed E-state index contributed by atoms with van der Waals surface area (Å²) in [6, 6.07) is 11.4. The Morgan fingerprint density at radius 3 is 2.78 bits per heavy atom. The monoisotopic (exact) mass is 366 g/mol. The Balaban J connectivity index is 1.51. The van der Waals surface area contributed by atoms with Gasteiger partial charge in [0.25, 0.3) is 0 Å². The van der Waals surface area contributed by atoms with Crippen molar-refractivity contribution in [1.82, 2.24) is 9.88 Å². The van der Waals surface area contributed by atoms with E-state index in [1.807, 2.05) is 36.4 Å². The molecule has 6 nitrogen and oxygen atoms in total. The molecule has 2 atom stereocenters. The number of benzene rings is 1. The molecule has 0 spiro atoms. The molecular weight excluding hydrogens is 344 g/mol. The molecule has 2 aliphatic rings. The fraction of sp³-hybridized carbons (Fsp3) is 0.381. The molecule has 1 N–H and O–H groups in total. The summed E-state index contributed by atoms with van der Waals surface area (Å²) < 4.78 is 5.89. The maximum Gasteiger partial charge on any atom is 0.312 e. The van der Waals surface area contributed by atoms with Crippen LogP contribution in [0.2, 0.25) is 0 Å². The van der Waals surface area contributed by atoms with Crippen LogP contribution in [0.15, 0.2) is 48.8 Å². The van der Waals surface area contributed by atoms with E-state index in [1.54, 1.807) is 17.3 Å². The number of carbonyl (C=O) groups is 2. The first-order valence-electron chi connectivity index (χ1n) is 9.19. The number of rotatable bonds is 4. The number of aliphatic carboxylic acids is 1. The van der Waals surface area contributed by atoms with E-state index in [4.69, 9.17) is 4.74 Å². The number of fused-ring (bicyclic) bond motifs is 2. The van der Waals surface area contributed by atoms with Crippen molar-refractivity contribution in [2.45, 2.75) is 19.3 Å². The second-order valence-electron chi connectivity index (χ2n) is 7.38. The van der Waals surface area contributed by atoms with Gasteiger partial charge in [0.05, 0.1) is 12.0 Å². The summed E-state index contributed by atoms with van der Waals surface area (Å²) in [4.78, 5) is 30.7. The van der Waals surface area contributed by atoms with Crippen molar-refractivity contribution in [3.8, 4) is 5.75 Å². The van der Waals surface area contributed by atoms with Crippen LogP contribution in [0.25, 0.3) is 0 Å². The van der Waals surface area contributed by atoms with Crippen LogP contribution >= 0.6 is 0 Å². The van der Waals surface area contributed by atoms with Gasteiger partial charge in [0.1, 0.15) is 5.75 Å². The van der Waals surface area contributed by atoms with Gasteiger partial charge in [-0.15, -0.1) is 0 Å². The molecule has 0 saturated carbocycles. The molecular formula is C21H22N2O4. The zero-order valence-electron chi connectivity index (χ0n) is 15.0. The Kier molecular flexibility index (Phi) is 4.56. The molecule has 1 fully saturated rings. The highest BCUT2D eigenvalue weighted by Gasteiger charge is 2.55. The Bertz CT molecular complexity index is 854. The van der Waals surface area contributed by atoms with E-state index in [9.17, 15) is 14.7 Å². The summed E-state index contributed by atoms with van der Waals surface area (Å²) in [5, 5.41) is 10.1. The van der Waals surface area contributed by atoms with E-state index in [-0.39, 0.29) is 18.4 Å². The highest BCUT2D eigenvalue weighted by atomic mass is 16.5. The lowest BCUT2D eigenvalue weighted by Gasteiger charge is -2.27. The number of carboxylic acid groups (broad SMARTS) is 1. The average Bonchev–Trinajstić information content (AvgIpc) is 2.98. The number of ether oxygens (including phenoxy) is 1. The van der Waals surface area contributed by atoms with E-state index in [0.717, 1.165) is 16.9 Å². The van der Waals surface area contributed by atoms with E-state index < -0.39 is 11.4 Å². The predicted octanol–water partition coefficient (Wildman–Crippen LogP) is 2.18. The first-order chi connectivity index (χ1) is 13.1. The largest absolute Gasteiger partial charge is 0.493 e. The smallest absolute Gasteiger partial charge is 0.312 e. The second kappa shape index (κ2) is 7.02. The molecule has 3 heterocycles. The summed E-state index contributed by atoms with van der Waals surface area (Å²) in [6.07, 6.45) is 4.80. The maximum absolute atomic E-state index is 12.7. The number of para-hydroxylation sites is 1. The second-order valence-corrected chi connectivity index (χ2v) is 7.38. The topological polar surface area (TPSA) is 79.7 Å². The van der Waals surface area contributed by atoms with Crippen LogP contribution in [-0.2, 0) is 22.4 Å². The number of carboxylic acids is 1. The van der Waals surface area contributed by atoms with E-state index in [2.05, 4.69) is 4.98 Å². The molecule has 0 radical (unpaired) electrons. The number of pyridine rings is 1. The number of aryl methyl sites for hydroxylation is 1. The number of nitrogens with zero attached hydrogens (tertiary/aromatic N) is 2. The molecule has 1 saturated heterocycles.